The molecule has 4 aliphatic heterocycles. The summed E-state index contributed by atoms with van der Waals surface area (Å²) in [6, 6.07) is 9.30. The van der Waals surface area contributed by atoms with E-state index < -0.39 is 0 Å². The smallest absolute Gasteiger partial charge is 0.223 e. The molecule has 1 aromatic carbocycles. The topological polar surface area (TPSA) is 50.6 Å². The Kier molecular flexibility index (Phi) is 4.82. The molecule has 154 valence electrons. The van der Waals surface area contributed by atoms with Crippen LogP contribution in [0, 0.1) is 5.92 Å². The number of ether oxygens (including phenoxy) is 1. The first kappa shape index (κ1) is 18.7. The standard InChI is InChI=1S/C23H30N4O2/c1-25-14-16(13-24-25)3-8-21(28)27-15-20(17-4-6-19(29-2)7-5-17)23-22(27)18-9-11-26(23)12-10-18/h4-7,13-14,18,20,22-23H,3,8-12,15H2,1-2H3/t20-,22+,23+/m1/s1. The first-order chi connectivity index (χ1) is 14.1. The number of amides is 1. The average Bonchev–Trinajstić information content (AvgIpc) is 3.38. The Hall–Kier alpha value is -2.34. The normalized spacial score (nSPS) is 30.4. The van der Waals surface area contributed by atoms with Gasteiger partial charge in [-0.05, 0) is 61.5 Å². The number of rotatable bonds is 5. The van der Waals surface area contributed by atoms with Gasteiger partial charge in [0.15, 0.2) is 0 Å². The molecule has 0 spiro atoms. The Morgan fingerprint density at radius 2 is 1.93 bits per heavy atom. The van der Waals surface area contributed by atoms with E-state index in [0.717, 1.165) is 24.3 Å². The van der Waals surface area contributed by atoms with Crippen molar-refractivity contribution in [2.24, 2.45) is 13.0 Å². The molecule has 29 heavy (non-hydrogen) atoms. The Morgan fingerprint density at radius 3 is 2.59 bits per heavy atom. The molecule has 3 atom stereocenters. The molecule has 0 aliphatic carbocycles. The Labute approximate surface area is 172 Å². The predicted octanol–water partition coefficient (Wildman–Crippen LogP) is 2.45. The van der Waals surface area contributed by atoms with Gasteiger partial charge in [-0.1, -0.05) is 12.1 Å². The van der Waals surface area contributed by atoms with Gasteiger partial charge < -0.3 is 9.64 Å². The van der Waals surface area contributed by atoms with E-state index in [4.69, 9.17) is 4.74 Å². The van der Waals surface area contributed by atoms with Gasteiger partial charge in [0.05, 0.1) is 19.3 Å². The lowest BCUT2D eigenvalue weighted by molar-refractivity contribution is -0.135. The molecule has 4 aliphatic rings. The fourth-order valence-electron chi connectivity index (χ4n) is 5.84. The zero-order valence-corrected chi connectivity index (χ0v) is 17.3. The Morgan fingerprint density at radius 1 is 1.17 bits per heavy atom. The number of nitrogens with zero attached hydrogens (tertiary/aromatic N) is 4. The molecule has 2 bridgehead atoms. The summed E-state index contributed by atoms with van der Waals surface area (Å²) in [6.45, 7) is 3.19. The van der Waals surface area contributed by atoms with Gasteiger partial charge >= 0.3 is 0 Å². The lowest BCUT2D eigenvalue weighted by atomic mass is 9.75. The number of hydrogen-bond donors (Lipinski definition) is 0. The largest absolute Gasteiger partial charge is 0.497 e. The minimum absolute atomic E-state index is 0.300. The number of carbonyl (C=O) groups excluding carboxylic acids is 1. The maximum absolute atomic E-state index is 13.3. The summed E-state index contributed by atoms with van der Waals surface area (Å²) in [7, 11) is 3.62. The van der Waals surface area contributed by atoms with E-state index in [-0.39, 0.29) is 0 Å². The number of methoxy groups -OCH3 is 1. The monoisotopic (exact) mass is 394 g/mol. The molecular formula is C23H30N4O2. The maximum atomic E-state index is 13.3. The Bertz CT molecular complexity index is 869. The minimum atomic E-state index is 0.300. The third-order valence-corrected chi connectivity index (χ3v) is 7.24. The van der Waals surface area contributed by atoms with E-state index in [1.807, 2.05) is 31.6 Å². The zero-order chi connectivity index (χ0) is 20.0. The number of hydrogen-bond acceptors (Lipinski definition) is 4. The number of likely N-dealkylation sites (tertiary alicyclic amines) is 1. The van der Waals surface area contributed by atoms with Gasteiger partial charge in [0.1, 0.15) is 5.75 Å². The van der Waals surface area contributed by atoms with Gasteiger partial charge in [-0.3, -0.25) is 14.4 Å². The molecule has 1 aromatic heterocycles. The number of aromatic nitrogens is 2. The Balaban J connectivity index is 1.37. The molecule has 4 saturated heterocycles. The number of aryl methyl sites for hydroxylation is 2. The predicted molar refractivity (Wildman–Crippen MR) is 111 cm³/mol. The van der Waals surface area contributed by atoms with Crippen molar-refractivity contribution in [2.45, 2.75) is 43.7 Å². The zero-order valence-electron chi connectivity index (χ0n) is 17.3. The van der Waals surface area contributed by atoms with E-state index in [1.54, 1.807) is 11.8 Å². The van der Waals surface area contributed by atoms with Crippen LogP contribution in [0.15, 0.2) is 36.7 Å². The van der Waals surface area contributed by atoms with Gasteiger partial charge in [0.2, 0.25) is 5.91 Å². The fourth-order valence-corrected chi connectivity index (χ4v) is 5.84. The van der Waals surface area contributed by atoms with Gasteiger partial charge in [-0.2, -0.15) is 5.10 Å². The van der Waals surface area contributed by atoms with Crippen molar-refractivity contribution in [3.05, 3.63) is 47.8 Å². The molecule has 0 radical (unpaired) electrons. The first-order valence-corrected chi connectivity index (χ1v) is 10.8. The second-order valence-corrected chi connectivity index (χ2v) is 8.80. The molecular weight excluding hydrogens is 364 g/mol. The van der Waals surface area contributed by atoms with Crippen LogP contribution >= 0.6 is 0 Å². The fraction of sp³-hybridized carbons (Fsp3) is 0.565. The van der Waals surface area contributed by atoms with E-state index in [1.165, 1.54) is 31.5 Å². The average molecular weight is 395 g/mol. The highest BCUT2D eigenvalue weighted by molar-refractivity contribution is 5.77. The van der Waals surface area contributed by atoms with Crippen LogP contribution in [0.25, 0.3) is 0 Å². The van der Waals surface area contributed by atoms with Crippen LogP contribution in [-0.2, 0) is 18.3 Å². The number of fused-ring (bicyclic) bond motifs is 2. The quantitative estimate of drug-likeness (QED) is 0.782. The van der Waals surface area contributed by atoms with Crippen molar-refractivity contribution >= 4 is 5.91 Å². The molecule has 1 amide bonds. The van der Waals surface area contributed by atoms with Crippen molar-refractivity contribution < 1.29 is 9.53 Å². The van der Waals surface area contributed by atoms with Gasteiger partial charge in [0, 0.05) is 38.2 Å². The highest BCUT2D eigenvalue weighted by atomic mass is 16.5. The molecule has 0 unspecified atom stereocenters. The van der Waals surface area contributed by atoms with Crippen molar-refractivity contribution in [1.29, 1.82) is 0 Å². The van der Waals surface area contributed by atoms with E-state index in [9.17, 15) is 4.79 Å². The second-order valence-electron chi connectivity index (χ2n) is 8.80. The van der Waals surface area contributed by atoms with Crippen LogP contribution in [-0.4, -0.2) is 64.3 Å². The van der Waals surface area contributed by atoms with Crippen molar-refractivity contribution in [3.8, 4) is 5.75 Å². The van der Waals surface area contributed by atoms with E-state index >= 15 is 0 Å². The van der Waals surface area contributed by atoms with Crippen LogP contribution in [0.5, 0.6) is 5.75 Å². The minimum Gasteiger partial charge on any atom is -0.497 e. The molecule has 0 saturated carbocycles. The highest BCUT2D eigenvalue weighted by Gasteiger charge is 2.54. The molecule has 4 fully saturated rings. The second kappa shape index (κ2) is 7.48. The SMILES string of the molecule is COc1ccc([C@H]2CN(C(=O)CCc3cnn(C)c3)[C@H]3C4CCN(CC4)[C@@H]23)cc1. The lowest BCUT2D eigenvalue weighted by Crippen LogP contribution is -2.60. The summed E-state index contributed by atoms with van der Waals surface area (Å²) in [5.74, 6) is 2.22. The van der Waals surface area contributed by atoms with Gasteiger partial charge in [-0.25, -0.2) is 0 Å². The van der Waals surface area contributed by atoms with Crippen molar-refractivity contribution in [1.82, 2.24) is 19.6 Å². The first-order valence-electron chi connectivity index (χ1n) is 10.8. The van der Waals surface area contributed by atoms with Crippen molar-refractivity contribution in [2.75, 3.05) is 26.7 Å². The number of piperidine rings is 3. The van der Waals surface area contributed by atoms with Gasteiger partial charge in [0.25, 0.3) is 0 Å². The van der Waals surface area contributed by atoms with Crippen LogP contribution in [0.2, 0.25) is 0 Å². The molecule has 0 N–H and O–H groups in total. The molecule has 6 rings (SSSR count). The summed E-state index contributed by atoms with van der Waals surface area (Å²) >= 11 is 0. The van der Waals surface area contributed by atoms with Crippen LogP contribution in [0.4, 0.5) is 0 Å². The third-order valence-electron chi connectivity index (χ3n) is 7.24. The lowest BCUT2D eigenvalue weighted by Gasteiger charge is -2.51. The summed E-state index contributed by atoms with van der Waals surface area (Å²) in [5, 5.41) is 4.23. The van der Waals surface area contributed by atoms with Gasteiger partial charge in [-0.15, -0.1) is 0 Å². The molecule has 5 heterocycles. The number of benzene rings is 1. The maximum Gasteiger partial charge on any atom is 0.223 e. The molecule has 6 nitrogen and oxygen atoms in total. The van der Waals surface area contributed by atoms with Crippen molar-refractivity contribution in [3.63, 3.8) is 0 Å². The van der Waals surface area contributed by atoms with Crippen LogP contribution in [0.1, 0.15) is 36.3 Å². The molecule has 2 aromatic rings. The summed E-state index contributed by atoms with van der Waals surface area (Å²) < 4.78 is 7.15. The summed E-state index contributed by atoms with van der Waals surface area (Å²) in [5.41, 5.74) is 2.47. The van der Waals surface area contributed by atoms with Crippen LogP contribution < -0.4 is 4.74 Å². The van der Waals surface area contributed by atoms with Crippen LogP contribution in [0.3, 0.4) is 0 Å². The summed E-state index contributed by atoms with van der Waals surface area (Å²) in [4.78, 5) is 18.2. The number of carbonyl (C=O) groups is 1. The third kappa shape index (κ3) is 3.33. The van der Waals surface area contributed by atoms with E-state index in [2.05, 4.69) is 27.0 Å². The molecule has 6 heteroatoms. The highest BCUT2D eigenvalue weighted by Crippen LogP contribution is 2.46. The van der Waals surface area contributed by atoms with E-state index in [0.29, 0.717) is 36.2 Å². The summed E-state index contributed by atoms with van der Waals surface area (Å²) in [6.07, 6.45) is 7.66.